The summed E-state index contributed by atoms with van der Waals surface area (Å²) < 4.78 is 24.4. The average molecular weight is 350 g/mol. The number of fused-ring (bicyclic) bond motifs is 1. The Labute approximate surface area is 150 Å². The van der Waals surface area contributed by atoms with Crippen LogP contribution in [0.25, 0.3) is 6.08 Å². The largest absolute Gasteiger partial charge is 0.497 e. The highest BCUT2D eigenvalue weighted by Crippen LogP contribution is 2.30. The molecular weight excluding hydrogens is 335 g/mol. The quantitative estimate of drug-likeness (QED) is 0.674. The molecule has 130 valence electrons. The molecule has 0 saturated heterocycles. The number of amides is 1. The molecule has 3 rings (SSSR count). The average Bonchev–Trinajstić information content (AvgIpc) is 2.67. The number of carbonyl (C=O) groups excluding carboxylic acids is 1. The van der Waals surface area contributed by atoms with Crippen molar-refractivity contribution in [2.45, 2.75) is 0 Å². The van der Waals surface area contributed by atoms with Gasteiger partial charge in [-0.2, -0.15) is 5.26 Å². The van der Waals surface area contributed by atoms with E-state index in [1.54, 1.807) is 25.3 Å². The zero-order valence-electron chi connectivity index (χ0n) is 14.0. The number of nitriles is 1. The van der Waals surface area contributed by atoms with Gasteiger partial charge in [0.25, 0.3) is 5.91 Å². The highest BCUT2D eigenvalue weighted by Gasteiger charge is 2.15. The molecule has 26 heavy (non-hydrogen) atoms. The number of anilines is 1. The standard InChI is InChI=1S/C20H15FN2O3/c1-25-16-7-6-14-8-13(12-26-19(14)10-16)9-15(11-22)20(24)23-18-5-3-2-4-17(18)21/h2-10H,12H2,1H3,(H,23,24)/b15-9+. The van der Waals surface area contributed by atoms with Crippen molar-refractivity contribution in [2.24, 2.45) is 0 Å². The first-order chi connectivity index (χ1) is 12.6. The lowest BCUT2D eigenvalue weighted by Crippen LogP contribution is -2.15. The Morgan fingerprint density at radius 2 is 2.15 bits per heavy atom. The number of para-hydroxylation sites is 1. The van der Waals surface area contributed by atoms with E-state index in [0.717, 1.165) is 5.56 Å². The second kappa shape index (κ2) is 7.53. The fraction of sp³-hybridized carbons (Fsp3) is 0.100. The lowest BCUT2D eigenvalue weighted by atomic mass is 10.0. The van der Waals surface area contributed by atoms with Crippen molar-refractivity contribution in [2.75, 3.05) is 19.0 Å². The normalized spacial score (nSPS) is 13.0. The molecular formula is C20H15FN2O3. The minimum atomic E-state index is -0.681. The van der Waals surface area contributed by atoms with Crippen molar-refractivity contribution in [1.82, 2.24) is 0 Å². The van der Waals surface area contributed by atoms with Gasteiger partial charge >= 0.3 is 0 Å². The summed E-state index contributed by atoms with van der Waals surface area (Å²) in [6, 6.07) is 13.0. The lowest BCUT2D eigenvalue weighted by Gasteiger charge is -2.17. The third-order valence-electron chi connectivity index (χ3n) is 3.77. The molecule has 0 unspecified atom stereocenters. The van der Waals surface area contributed by atoms with Gasteiger partial charge in [-0.15, -0.1) is 0 Å². The number of ether oxygens (including phenoxy) is 2. The van der Waals surface area contributed by atoms with Crippen LogP contribution in [0.2, 0.25) is 0 Å². The summed E-state index contributed by atoms with van der Waals surface area (Å²) in [7, 11) is 1.57. The van der Waals surface area contributed by atoms with E-state index in [4.69, 9.17) is 9.47 Å². The van der Waals surface area contributed by atoms with Crippen molar-refractivity contribution < 1.29 is 18.7 Å². The molecule has 5 nitrogen and oxygen atoms in total. The van der Waals surface area contributed by atoms with E-state index in [2.05, 4.69) is 5.32 Å². The van der Waals surface area contributed by atoms with Crippen LogP contribution in [0.4, 0.5) is 10.1 Å². The van der Waals surface area contributed by atoms with Crippen molar-refractivity contribution in [3.8, 4) is 17.6 Å². The Morgan fingerprint density at radius 3 is 2.88 bits per heavy atom. The van der Waals surface area contributed by atoms with E-state index in [1.807, 2.05) is 18.2 Å². The van der Waals surface area contributed by atoms with Gasteiger partial charge in [-0.1, -0.05) is 12.1 Å². The van der Waals surface area contributed by atoms with Gasteiger partial charge in [0, 0.05) is 11.6 Å². The van der Waals surface area contributed by atoms with Gasteiger partial charge in [-0.3, -0.25) is 4.79 Å². The lowest BCUT2D eigenvalue weighted by molar-refractivity contribution is -0.112. The molecule has 1 aliphatic rings. The van der Waals surface area contributed by atoms with Gasteiger partial charge in [0.1, 0.15) is 35.6 Å². The number of nitrogens with zero attached hydrogens (tertiary/aromatic N) is 1. The number of carbonyl (C=O) groups is 1. The monoisotopic (exact) mass is 350 g/mol. The van der Waals surface area contributed by atoms with Gasteiger partial charge in [-0.05, 0) is 42.0 Å². The molecule has 0 bridgehead atoms. The summed E-state index contributed by atoms with van der Waals surface area (Å²) in [5.41, 5.74) is 1.35. The first-order valence-electron chi connectivity index (χ1n) is 7.80. The zero-order chi connectivity index (χ0) is 18.5. The zero-order valence-corrected chi connectivity index (χ0v) is 14.0. The summed E-state index contributed by atoms with van der Waals surface area (Å²) in [5, 5.41) is 11.7. The van der Waals surface area contributed by atoms with E-state index in [-0.39, 0.29) is 17.9 Å². The van der Waals surface area contributed by atoms with Crippen LogP contribution in [-0.4, -0.2) is 19.6 Å². The Bertz CT molecular complexity index is 958. The second-order valence-electron chi connectivity index (χ2n) is 5.52. The predicted octanol–water partition coefficient (Wildman–Crippen LogP) is 3.70. The van der Waals surface area contributed by atoms with Gasteiger partial charge < -0.3 is 14.8 Å². The molecule has 0 aliphatic carbocycles. The van der Waals surface area contributed by atoms with Crippen LogP contribution in [0, 0.1) is 17.1 Å². The smallest absolute Gasteiger partial charge is 0.266 e. The third kappa shape index (κ3) is 3.73. The van der Waals surface area contributed by atoms with E-state index < -0.39 is 11.7 Å². The molecule has 1 heterocycles. The molecule has 0 saturated carbocycles. The SMILES string of the molecule is COc1ccc2c(c1)OCC(/C=C(\C#N)C(=O)Nc1ccccc1F)=C2. The summed E-state index contributed by atoms with van der Waals surface area (Å²) in [4.78, 5) is 12.2. The second-order valence-corrected chi connectivity index (χ2v) is 5.52. The van der Waals surface area contributed by atoms with Gasteiger partial charge in [0.15, 0.2) is 0 Å². The van der Waals surface area contributed by atoms with E-state index >= 15 is 0 Å². The van der Waals surface area contributed by atoms with Crippen molar-refractivity contribution in [1.29, 1.82) is 5.26 Å². The van der Waals surface area contributed by atoms with Crippen LogP contribution in [0.5, 0.6) is 11.5 Å². The molecule has 0 fully saturated rings. The minimum Gasteiger partial charge on any atom is -0.497 e. The van der Waals surface area contributed by atoms with Crippen molar-refractivity contribution in [3.63, 3.8) is 0 Å². The molecule has 2 aromatic rings. The van der Waals surface area contributed by atoms with Gasteiger partial charge in [-0.25, -0.2) is 4.39 Å². The minimum absolute atomic E-state index is 0.0185. The summed E-state index contributed by atoms with van der Waals surface area (Å²) >= 11 is 0. The molecule has 1 aliphatic heterocycles. The summed E-state index contributed by atoms with van der Waals surface area (Å²) in [5.74, 6) is 0.0918. The number of nitrogens with one attached hydrogen (secondary N) is 1. The maximum Gasteiger partial charge on any atom is 0.266 e. The fourth-order valence-electron chi connectivity index (χ4n) is 2.46. The number of hydrogen-bond acceptors (Lipinski definition) is 4. The van der Waals surface area contributed by atoms with Crippen LogP contribution < -0.4 is 14.8 Å². The summed E-state index contributed by atoms with van der Waals surface area (Å²) in [6.45, 7) is 0.207. The molecule has 0 aromatic heterocycles. The molecule has 0 atom stereocenters. The third-order valence-corrected chi connectivity index (χ3v) is 3.77. The van der Waals surface area contributed by atoms with Crippen LogP contribution in [0.3, 0.4) is 0 Å². The number of methoxy groups -OCH3 is 1. The summed E-state index contributed by atoms with van der Waals surface area (Å²) in [6.07, 6.45) is 3.26. The number of benzene rings is 2. The highest BCUT2D eigenvalue weighted by molar-refractivity contribution is 6.07. The molecule has 0 radical (unpaired) electrons. The Hall–Kier alpha value is -3.59. The molecule has 2 aromatic carbocycles. The first-order valence-corrected chi connectivity index (χ1v) is 7.80. The van der Waals surface area contributed by atoms with Crippen LogP contribution >= 0.6 is 0 Å². The van der Waals surface area contributed by atoms with E-state index in [1.165, 1.54) is 24.3 Å². The van der Waals surface area contributed by atoms with Crippen LogP contribution in [-0.2, 0) is 4.79 Å². The van der Waals surface area contributed by atoms with Gasteiger partial charge in [0.2, 0.25) is 0 Å². The molecule has 6 heteroatoms. The van der Waals surface area contributed by atoms with E-state index in [0.29, 0.717) is 17.1 Å². The predicted molar refractivity (Wildman–Crippen MR) is 95.2 cm³/mol. The molecule has 1 N–H and O–H groups in total. The van der Waals surface area contributed by atoms with Gasteiger partial charge in [0.05, 0.1) is 12.8 Å². The van der Waals surface area contributed by atoms with Crippen LogP contribution in [0.1, 0.15) is 5.56 Å². The van der Waals surface area contributed by atoms with Crippen molar-refractivity contribution >= 4 is 17.7 Å². The van der Waals surface area contributed by atoms with Crippen LogP contribution in [0.15, 0.2) is 59.7 Å². The topological polar surface area (TPSA) is 71.3 Å². The van der Waals surface area contributed by atoms with E-state index in [9.17, 15) is 14.4 Å². The Kier molecular flexibility index (Phi) is 4.99. The molecule has 0 spiro atoms. The fourth-order valence-corrected chi connectivity index (χ4v) is 2.46. The maximum absolute atomic E-state index is 13.6. The Balaban J connectivity index is 1.82. The number of hydrogen-bond donors (Lipinski definition) is 1. The number of halogens is 1. The number of rotatable bonds is 4. The first kappa shape index (κ1) is 17.2. The maximum atomic E-state index is 13.6. The highest BCUT2D eigenvalue weighted by atomic mass is 19.1. The Morgan fingerprint density at radius 1 is 1.35 bits per heavy atom. The molecule has 1 amide bonds. The van der Waals surface area contributed by atoms with Crippen molar-refractivity contribution in [3.05, 3.63) is 71.1 Å².